The molecule has 3 rings (SSSR count). The van der Waals surface area contributed by atoms with Gasteiger partial charge >= 0.3 is 0 Å². The third-order valence-electron chi connectivity index (χ3n) is 3.82. The first kappa shape index (κ1) is 16.4. The van der Waals surface area contributed by atoms with Crippen molar-refractivity contribution in [3.05, 3.63) is 70.9 Å². The van der Waals surface area contributed by atoms with Gasteiger partial charge in [0.15, 0.2) is 0 Å². The van der Waals surface area contributed by atoms with Crippen LogP contribution >= 0.6 is 0 Å². The Bertz CT molecular complexity index is 1040. The zero-order valence-corrected chi connectivity index (χ0v) is 14.0. The number of benzene rings is 1. The molecule has 24 heavy (non-hydrogen) atoms. The molecule has 7 heteroatoms. The van der Waals surface area contributed by atoms with Gasteiger partial charge in [-0.25, -0.2) is 13.1 Å². The lowest BCUT2D eigenvalue weighted by molar-refractivity contribution is 0.581. The molecule has 0 fully saturated rings. The number of pyridine rings is 2. The van der Waals surface area contributed by atoms with Crippen LogP contribution < -0.4 is 10.3 Å². The number of aromatic nitrogens is 2. The first-order valence-corrected chi connectivity index (χ1v) is 9.02. The molecule has 124 valence electrons. The molecule has 1 N–H and O–H groups in total. The number of aryl methyl sites for hydroxylation is 1. The van der Waals surface area contributed by atoms with E-state index in [-0.39, 0.29) is 17.0 Å². The number of fused-ring (bicyclic) bond motifs is 1. The first-order chi connectivity index (χ1) is 11.5. The average molecular weight is 343 g/mol. The van der Waals surface area contributed by atoms with Gasteiger partial charge in [-0.3, -0.25) is 9.78 Å². The van der Waals surface area contributed by atoms with E-state index in [4.69, 9.17) is 0 Å². The highest BCUT2D eigenvalue weighted by Crippen LogP contribution is 2.21. The van der Waals surface area contributed by atoms with Gasteiger partial charge in [0.1, 0.15) is 0 Å². The molecule has 0 aliphatic carbocycles. The second kappa shape index (κ2) is 6.54. The predicted molar refractivity (Wildman–Crippen MR) is 92.1 cm³/mol. The van der Waals surface area contributed by atoms with Crippen molar-refractivity contribution in [3.8, 4) is 0 Å². The molecular formula is C17H17N3O3S. The highest BCUT2D eigenvalue weighted by Gasteiger charge is 2.17. The lowest BCUT2D eigenvalue weighted by Gasteiger charge is -2.10. The van der Waals surface area contributed by atoms with Crippen LogP contribution in [0.4, 0.5) is 0 Å². The Kier molecular flexibility index (Phi) is 4.46. The maximum atomic E-state index is 12.6. The van der Waals surface area contributed by atoms with Crippen molar-refractivity contribution in [2.75, 3.05) is 0 Å². The van der Waals surface area contributed by atoms with Gasteiger partial charge in [-0.15, -0.1) is 0 Å². The van der Waals surface area contributed by atoms with Crippen LogP contribution in [0.2, 0.25) is 0 Å². The molecule has 0 radical (unpaired) electrons. The van der Waals surface area contributed by atoms with Crippen LogP contribution in [0.1, 0.15) is 12.5 Å². The van der Waals surface area contributed by atoms with Crippen LogP contribution in [0.3, 0.4) is 0 Å². The highest BCUT2D eigenvalue weighted by molar-refractivity contribution is 7.89. The van der Waals surface area contributed by atoms with Gasteiger partial charge in [0, 0.05) is 48.0 Å². The average Bonchev–Trinajstić information content (AvgIpc) is 2.60. The molecule has 0 saturated heterocycles. The van der Waals surface area contributed by atoms with Crippen LogP contribution in [0.25, 0.3) is 10.8 Å². The van der Waals surface area contributed by atoms with Crippen molar-refractivity contribution in [2.24, 2.45) is 0 Å². The summed E-state index contributed by atoms with van der Waals surface area (Å²) in [5.41, 5.74) is 0.217. The van der Waals surface area contributed by atoms with Gasteiger partial charge in [0.2, 0.25) is 10.0 Å². The fourth-order valence-corrected chi connectivity index (χ4v) is 3.78. The number of sulfonamides is 1. The lowest BCUT2D eigenvalue weighted by atomic mass is 10.2. The standard InChI is InChI=1S/C17H17N3O3S/c1-2-20-10-4-6-14(17(20)21)12-19-24(22,23)16-7-3-5-13-11-18-9-8-15(13)16/h3-11,19H,2,12H2,1H3. The summed E-state index contributed by atoms with van der Waals surface area (Å²) < 4.78 is 29.3. The molecule has 2 heterocycles. The SMILES string of the molecule is CCn1cccc(CNS(=O)(=O)c2cccc3cnccc23)c1=O. The van der Waals surface area contributed by atoms with Crippen LogP contribution in [0, 0.1) is 0 Å². The third-order valence-corrected chi connectivity index (χ3v) is 5.28. The second-order valence-electron chi connectivity index (χ2n) is 5.30. The van der Waals surface area contributed by atoms with E-state index in [1.54, 1.807) is 55.0 Å². The zero-order valence-electron chi connectivity index (χ0n) is 13.1. The summed E-state index contributed by atoms with van der Waals surface area (Å²) >= 11 is 0. The van der Waals surface area contributed by atoms with Gasteiger partial charge in [-0.1, -0.05) is 18.2 Å². The molecular weight excluding hydrogens is 326 g/mol. The number of hydrogen-bond acceptors (Lipinski definition) is 4. The summed E-state index contributed by atoms with van der Waals surface area (Å²) in [7, 11) is -3.75. The Morgan fingerprint density at radius 1 is 1.17 bits per heavy atom. The Hall–Kier alpha value is -2.51. The van der Waals surface area contributed by atoms with E-state index in [9.17, 15) is 13.2 Å². The van der Waals surface area contributed by atoms with Crippen molar-refractivity contribution < 1.29 is 8.42 Å². The minimum atomic E-state index is -3.75. The monoisotopic (exact) mass is 343 g/mol. The quantitative estimate of drug-likeness (QED) is 0.767. The van der Waals surface area contributed by atoms with Crippen molar-refractivity contribution in [1.82, 2.24) is 14.3 Å². The van der Waals surface area contributed by atoms with E-state index in [0.717, 1.165) is 5.39 Å². The zero-order chi connectivity index (χ0) is 17.2. The topological polar surface area (TPSA) is 81.1 Å². The molecule has 0 aliphatic rings. The smallest absolute Gasteiger partial charge is 0.255 e. The number of nitrogens with zero attached hydrogens (tertiary/aromatic N) is 2. The molecule has 0 aliphatic heterocycles. The molecule has 2 aromatic heterocycles. The highest BCUT2D eigenvalue weighted by atomic mass is 32.2. The van der Waals surface area contributed by atoms with Gasteiger partial charge < -0.3 is 4.57 Å². The summed E-state index contributed by atoms with van der Waals surface area (Å²) in [4.78, 5) is 16.4. The van der Waals surface area contributed by atoms with E-state index >= 15 is 0 Å². The maximum Gasteiger partial charge on any atom is 0.255 e. The van der Waals surface area contributed by atoms with Gasteiger partial charge in [-0.05, 0) is 25.1 Å². The van der Waals surface area contributed by atoms with E-state index in [0.29, 0.717) is 17.5 Å². The molecule has 0 bridgehead atoms. The maximum absolute atomic E-state index is 12.6. The van der Waals surface area contributed by atoms with Crippen molar-refractivity contribution in [1.29, 1.82) is 0 Å². The van der Waals surface area contributed by atoms with Gasteiger partial charge in [0.05, 0.1) is 4.90 Å². The van der Waals surface area contributed by atoms with Crippen LogP contribution in [-0.2, 0) is 23.1 Å². The normalized spacial score (nSPS) is 11.7. The Balaban J connectivity index is 1.93. The van der Waals surface area contributed by atoms with Gasteiger partial charge in [0.25, 0.3) is 5.56 Å². The van der Waals surface area contributed by atoms with Crippen LogP contribution in [-0.4, -0.2) is 18.0 Å². The molecule has 6 nitrogen and oxygen atoms in total. The van der Waals surface area contributed by atoms with Crippen molar-refractivity contribution in [3.63, 3.8) is 0 Å². The van der Waals surface area contributed by atoms with E-state index in [1.165, 1.54) is 4.57 Å². The van der Waals surface area contributed by atoms with E-state index < -0.39 is 10.0 Å². The molecule has 0 saturated carbocycles. The minimum absolute atomic E-state index is 0.0521. The van der Waals surface area contributed by atoms with Crippen molar-refractivity contribution >= 4 is 20.8 Å². The number of rotatable bonds is 5. The Morgan fingerprint density at radius 2 is 2.00 bits per heavy atom. The van der Waals surface area contributed by atoms with Crippen molar-refractivity contribution in [2.45, 2.75) is 24.9 Å². The lowest BCUT2D eigenvalue weighted by Crippen LogP contribution is -2.29. The minimum Gasteiger partial charge on any atom is -0.316 e. The molecule has 0 unspecified atom stereocenters. The van der Waals surface area contributed by atoms with Gasteiger partial charge in [-0.2, -0.15) is 0 Å². The molecule has 1 aromatic carbocycles. The predicted octanol–water partition coefficient (Wildman–Crippen LogP) is 1.89. The van der Waals surface area contributed by atoms with E-state index in [2.05, 4.69) is 9.71 Å². The number of hydrogen-bond donors (Lipinski definition) is 1. The largest absolute Gasteiger partial charge is 0.316 e. The van der Waals surface area contributed by atoms with E-state index in [1.807, 2.05) is 6.92 Å². The second-order valence-corrected chi connectivity index (χ2v) is 7.04. The molecule has 0 atom stereocenters. The first-order valence-electron chi connectivity index (χ1n) is 7.53. The molecule has 0 amide bonds. The fraction of sp³-hybridized carbons (Fsp3) is 0.176. The fourth-order valence-electron chi connectivity index (χ4n) is 2.55. The Morgan fingerprint density at radius 3 is 2.79 bits per heavy atom. The number of nitrogens with one attached hydrogen (secondary N) is 1. The summed E-state index contributed by atoms with van der Waals surface area (Å²) in [6.07, 6.45) is 4.85. The summed E-state index contributed by atoms with van der Waals surface area (Å²) in [6, 6.07) is 10.0. The Labute approximate surface area is 139 Å². The van der Waals surface area contributed by atoms with Crippen LogP contribution in [0.5, 0.6) is 0 Å². The molecule has 3 aromatic rings. The summed E-state index contributed by atoms with van der Waals surface area (Å²) in [5.74, 6) is 0. The third kappa shape index (κ3) is 3.08. The van der Waals surface area contributed by atoms with Crippen LogP contribution in [0.15, 0.2) is 64.7 Å². The summed E-state index contributed by atoms with van der Waals surface area (Å²) in [6.45, 7) is 2.35. The molecule has 0 spiro atoms. The summed E-state index contributed by atoms with van der Waals surface area (Å²) in [5, 5.41) is 1.34.